The van der Waals surface area contributed by atoms with Crippen molar-refractivity contribution >= 4 is 5.91 Å². The number of hydrogen-bond donors (Lipinski definition) is 1. The molecule has 3 nitrogen and oxygen atoms in total. The van der Waals surface area contributed by atoms with Gasteiger partial charge in [-0.15, -0.1) is 0 Å². The molecule has 0 aromatic heterocycles. The Kier molecular flexibility index (Phi) is 4.54. The Morgan fingerprint density at radius 1 is 1.05 bits per heavy atom. The van der Waals surface area contributed by atoms with Crippen LogP contribution in [-0.4, -0.2) is 29.4 Å². The van der Waals surface area contributed by atoms with Gasteiger partial charge in [0.05, 0.1) is 0 Å². The maximum absolute atomic E-state index is 12.9. The highest BCUT2D eigenvalue weighted by atomic mass is 16.2. The predicted octanol–water partition coefficient (Wildman–Crippen LogP) is 2.64. The molecule has 1 aliphatic carbocycles. The number of carbonyl (C=O) groups excluding carboxylic acids is 1. The highest BCUT2D eigenvalue weighted by Gasteiger charge is 2.38. The van der Waals surface area contributed by atoms with Crippen molar-refractivity contribution in [3.05, 3.63) is 0 Å². The van der Waals surface area contributed by atoms with E-state index in [1.54, 1.807) is 0 Å². The number of piperidine rings is 1. The fraction of sp³-hybridized carbons (Fsp3) is 0.938. The van der Waals surface area contributed by atoms with E-state index in [1.807, 2.05) is 0 Å². The van der Waals surface area contributed by atoms with E-state index in [4.69, 9.17) is 5.73 Å². The second kappa shape index (κ2) is 5.82. The van der Waals surface area contributed by atoms with E-state index in [0.29, 0.717) is 35.7 Å². The van der Waals surface area contributed by atoms with Gasteiger partial charge in [-0.25, -0.2) is 0 Å². The van der Waals surface area contributed by atoms with Crippen molar-refractivity contribution in [2.45, 2.75) is 65.5 Å². The molecule has 0 spiro atoms. The molecule has 6 unspecified atom stereocenters. The normalized spacial score (nSPS) is 44.2. The van der Waals surface area contributed by atoms with E-state index in [2.05, 4.69) is 32.6 Å². The van der Waals surface area contributed by atoms with E-state index in [1.165, 1.54) is 6.42 Å². The Bertz CT molecular complexity index is 331. The van der Waals surface area contributed by atoms with Gasteiger partial charge >= 0.3 is 0 Å². The lowest BCUT2D eigenvalue weighted by molar-refractivity contribution is -0.144. The molecule has 2 fully saturated rings. The fourth-order valence-electron chi connectivity index (χ4n) is 4.02. The minimum Gasteiger partial charge on any atom is -0.339 e. The molecule has 3 heteroatoms. The van der Waals surface area contributed by atoms with Gasteiger partial charge in [-0.3, -0.25) is 4.79 Å². The van der Waals surface area contributed by atoms with E-state index in [9.17, 15) is 4.79 Å². The van der Waals surface area contributed by atoms with Crippen molar-refractivity contribution in [1.82, 2.24) is 4.90 Å². The number of rotatable bonds is 1. The summed E-state index contributed by atoms with van der Waals surface area (Å²) < 4.78 is 0. The first kappa shape index (κ1) is 14.8. The van der Waals surface area contributed by atoms with Crippen LogP contribution in [0.1, 0.15) is 53.4 Å². The molecule has 1 amide bonds. The van der Waals surface area contributed by atoms with Gasteiger partial charge in [0.1, 0.15) is 0 Å². The van der Waals surface area contributed by atoms with Crippen molar-refractivity contribution < 1.29 is 4.79 Å². The van der Waals surface area contributed by atoms with Crippen molar-refractivity contribution in [2.75, 3.05) is 6.54 Å². The quantitative estimate of drug-likeness (QED) is 0.793. The molecule has 6 atom stereocenters. The number of carbonyl (C=O) groups is 1. The molecule has 2 N–H and O–H groups in total. The number of amides is 1. The summed E-state index contributed by atoms with van der Waals surface area (Å²) in [6.45, 7) is 9.90. The average molecular weight is 266 g/mol. The van der Waals surface area contributed by atoms with Crippen LogP contribution in [0.2, 0.25) is 0 Å². The zero-order valence-corrected chi connectivity index (χ0v) is 12.9. The summed E-state index contributed by atoms with van der Waals surface area (Å²) >= 11 is 0. The Hall–Kier alpha value is -0.570. The Labute approximate surface area is 117 Å². The van der Waals surface area contributed by atoms with E-state index in [-0.39, 0.29) is 5.92 Å². The highest BCUT2D eigenvalue weighted by molar-refractivity contribution is 5.79. The smallest absolute Gasteiger partial charge is 0.226 e. The van der Waals surface area contributed by atoms with Crippen molar-refractivity contribution in [3.8, 4) is 0 Å². The topological polar surface area (TPSA) is 46.3 Å². The number of likely N-dealkylation sites (tertiary alicyclic amines) is 1. The van der Waals surface area contributed by atoms with Gasteiger partial charge < -0.3 is 10.6 Å². The number of hydrogen-bond acceptors (Lipinski definition) is 2. The Morgan fingerprint density at radius 2 is 1.74 bits per heavy atom. The van der Waals surface area contributed by atoms with E-state index >= 15 is 0 Å². The zero-order chi connectivity index (χ0) is 14.2. The van der Waals surface area contributed by atoms with Gasteiger partial charge in [0.2, 0.25) is 5.91 Å². The molecule has 1 saturated carbocycles. The van der Waals surface area contributed by atoms with E-state index < -0.39 is 0 Å². The second-order valence-corrected chi connectivity index (χ2v) is 7.21. The van der Waals surface area contributed by atoms with Gasteiger partial charge in [0, 0.05) is 24.5 Å². The molecule has 2 rings (SSSR count). The van der Waals surface area contributed by atoms with Crippen LogP contribution < -0.4 is 5.73 Å². The standard InChI is InChI=1S/C16H30N2O/c1-10-7-11(2)13(4)18(9-10)16(19)15-6-5-14(17)8-12(15)3/h10-15H,5-9,17H2,1-4H3. The zero-order valence-electron chi connectivity index (χ0n) is 12.9. The Balaban J connectivity index is 2.05. The van der Waals surface area contributed by atoms with Crippen LogP contribution in [0, 0.1) is 23.7 Å². The van der Waals surface area contributed by atoms with Crippen LogP contribution >= 0.6 is 0 Å². The summed E-state index contributed by atoms with van der Waals surface area (Å²) in [6.07, 6.45) is 4.24. The van der Waals surface area contributed by atoms with Crippen molar-refractivity contribution in [3.63, 3.8) is 0 Å². The third-order valence-corrected chi connectivity index (χ3v) is 5.41. The van der Waals surface area contributed by atoms with Crippen molar-refractivity contribution in [1.29, 1.82) is 0 Å². The van der Waals surface area contributed by atoms with Gasteiger partial charge in [-0.05, 0) is 50.4 Å². The molecule has 110 valence electrons. The maximum Gasteiger partial charge on any atom is 0.226 e. The lowest BCUT2D eigenvalue weighted by Crippen LogP contribution is -2.52. The summed E-state index contributed by atoms with van der Waals surface area (Å²) in [5.74, 6) is 2.30. The summed E-state index contributed by atoms with van der Waals surface area (Å²) in [5.41, 5.74) is 6.01. The first-order valence-electron chi connectivity index (χ1n) is 7.96. The number of nitrogens with two attached hydrogens (primary N) is 1. The van der Waals surface area contributed by atoms with Gasteiger partial charge in [-0.1, -0.05) is 20.8 Å². The molecule has 0 radical (unpaired) electrons. The van der Waals surface area contributed by atoms with Crippen molar-refractivity contribution in [2.24, 2.45) is 29.4 Å². The molecule has 19 heavy (non-hydrogen) atoms. The lowest BCUT2D eigenvalue weighted by Gasteiger charge is -2.44. The molecule has 0 aromatic rings. The van der Waals surface area contributed by atoms with Crippen LogP contribution in [0.15, 0.2) is 0 Å². The van der Waals surface area contributed by atoms with Gasteiger partial charge in [-0.2, -0.15) is 0 Å². The fourth-order valence-corrected chi connectivity index (χ4v) is 4.02. The third kappa shape index (κ3) is 3.13. The maximum atomic E-state index is 12.9. The molecule has 1 aliphatic heterocycles. The molecular formula is C16H30N2O. The average Bonchev–Trinajstić information content (AvgIpc) is 2.33. The Morgan fingerprint density at radius 3 is 2.37 bits per heavy atom. The third-order valence-electron chi connectivity index (χ3n) is 5.41. The molecule has 0 aromatic carbocycles. The van der Waals surface area contributed by atoms with Crippen LogP contribution in [0.25, 0.3) is 0 Å². The first-order valence-corrected chi connectivity index (χ1v) is 7.96. The molecule has 2 aliphatic rings. The van der Waals surface area contributed by atoms with Gasteiger partial charge in [0.15, 0.2) is 0 Å². The minimum absolute atomic E-state index is 0.208. The second-order valence-electron chi connectivity index (χ2n) is 7.21. The van der Waals surface area contributed by atoms with Crippen LogP contribution in [0.3, 0.4) is 0 Å². The van der Waals surface area contributed by atoms with Crippen LogP contribution in [0.5, 0.6) is 0 Å². The number of nitrogens with zero attached hydrogens (tertiary/aromatic N) is 1. The lowest BCUT2D eigenvalue weighted by atomic mass is 9.76. The molecule has 1 heterocycles. The molecule has 0 bridgehead atoms. The SMILES string of the molecule is CC1CC(C)C(C)N(C(=O)C2CCC(N)CC2C)C1. The monoisotopic (exact) mass is 266 g/mol. The van der Waals surface area contributed by atoms with Crippen LogP contribution in [-0.2, 0) is 4.79 Å². The molecular weight excluding hydrogens is 236 g/mol. The highest BCUT2D eigenvalue weighted by Crippen LogP contribution is 2.34. The summed E-state index contributed by atoms with van der Waals surface area (Å²) in [5, 5.41) is 0. The van der Waals surface area contributed by atoms with Gasteiger partial charge in [0.25, 0.3) is 0 Å². The summed E-state index contributed by atoms with van der Waals surface area (Å²) in [6, 6.07) is 0.696. The minimum atomic E-state index is 0.208. The molecule has 1 saturated heterocycles. The largest absolute Gasteiger partial charge is 0.339 e. The predicted molar refractivity (Wildman–Crippen MR) is 78.6 cm³/mol. The summed E-state index contributed by atoms with van der Waals surface area (Å²) in [7, 11) is 0. The summed E-state index contributed by atoms with van der Waals surface area (Å²) in [4.78, 5) is 15.0. The van der Waals surface area contributed by atoms with E-state index in [0.717, 1.165) is 25.8 Å². The van der Waals surface area contributed by atoms with Crippen LogP contribution in [0.4, 0.5) is 0 Å². The first-order chi connectivity index (χ1) is 8.90.